The van der Waals surface area contributed by atoms with Crippen LogP contribution in [-0.2, 0) is 6.61 Å². The molecular formula is C22H18FN5O2. The Morgan fingerprint density at radius 2 is 1.87 bits per heavy atom. The Morgan fingerprint density at radius 1 is 1.07 bits per heavy atom. The minimum atomic E-state index is -0.486. The number of carbonyl (C=O) groups is 1. The molecule has 0 bridgehead atoms. The van der Waals surface area contributed by atoms with Crippen LogP contribution in [0.2, 0.25) is 0 Å². The second-order valence-electron chi connectivity index (χ2n) is 6.58. The summed E-state index contributed by atoms with van der Waals surface area (Å²) in [4.78, 5) is 21.0. The maximum absolute atomic E-state index is 13.4. The first-order chi connectivity index (χ1) is 14.5. The number of nitrogen functional groups attached to an aromatic ring is 1. The van der Waals surface area contributed by atoms with Gasteiger partial charge in [0.2, 0.25) is 0 Å². The zero-order chi connectivity index (χ0) is 21.1. The van der Waals surface area contributed by atoms with Crippen LogP contribution in [0.3, 0.4) is 0 Å². The Balaban J connectivity index is 1.54. The molecule has 5 N–H and O–H groups in total. The fourth-order valence-electron chi connectivity index (χ4n) is 3.05. The van der Waals surface area contributed by atoms with E-state index >= 15 is 0 Å². The number of aromatic nitrogens is 2. The van der Waals surface area contributed by atoms with Crippen molar-refractivity contribution in [3.63, 3.8) is 0 Å². The first kappa shape index (κ1) is 19.3. The van der Waals surface area contributed by atoms with Crippen LogP contribution in [0.1, 0.15) is 15.9 Å². The van der Waals surface area contributed by atoms with Crippen LogP contribution in [0.4, 0.5) is 27.3 Å². The van der Waals surface area contributed by atoms with Crippen molar-refractivity contribution in [3.05, 3.63) is 83.9 Å². The number of hydrogen-bond acceptors (Lipinski definition) is 6. The highest BCUT2D eigenvalue weighted by Crippen LogP contribution is 2.26. The molecule has 8 heteroatoms. The monoisotopic (exact) mass is 403 g/mol. The molecule has 0 atom stereocenters. The lowest BCUT2D eigenvalue weighted by molar-refractivity contribution is 0.102. The van der Waals surface area contributed by atoms with Gasteiger partial charge in [0.15, 0.2) is 0 Å². The number of benzene rings is 3. The fourth-order valence-corrected chi connectivity index (χ4v) is 3.05. The van der Waals surface area contributed by atoms with Crippen molar-refractivity contribution in [3.8, 4) is 0 Å². The minimum Gasteiger partial charge on any atom is -0.397 e. The summed E-state index contributed by atoms with van der Waals surface area (Å²) >= 11 is 0. The van der Waals surface area contributed by atoms with E-state index in [9.17, 15) is 14.3 Å². The predicted molar refractivity (Wildman–Crippen MR) is 114 cm³/mol. The molecule has 0 radical (unpaired) electrons. The first-order valence-electron chi connectivity index (χ1n) is 9.12. The van der Waals surface area contributed by atoms with Crippen molar-refractivity contribution in [2.24, 2.45) is 0 Å². The molecule has 150 valence electrons. The Kier molecular flexibility index (Phi) is 5.23. The topological polar surface area (TPSA) is 113 Å². The summed E-state index contributed by atoms with van der Waals surface area (Å²) in [6.07, 6.45) is 1.43. The maximum Gasteiger partial charge on any atom is 0.255 e. The zero-order valence-corrected chi connectivity index (χ0v) is 15.8. The normalized spacial score (nSPS) is 10.7. The Labute approximate surface area is 171 Å². The number of rotatable bonds is 5. The molecule has 0 aliphatic carbocycles. The molecule has 4 rings (SSSR count). The number of aliphatic hydroxyl groups excluding tert-OH is 1. The van der Waals surface area contributed by atoms with Gasteiger partial charge in [-0.1, -0.05) is 12.1 Å². The van der Waals surface area contributed by atoms with E-state index in [4.69, 9.17) is 5.73 Å². The summed E-state index contributed by atoms with van der Waals surface area (Å²) in [5.74, 6) is -0.306. The van der Waals surface area contributed by atoms with Gasteiger partial charge in [-0.15, -0.1) is 0 Å². The summed E-state index contributed by atoms with van der Waals surface area (Å²) in [5.41, 5.74) is 8.75. The number of anilines is 4. The summed E-state index contributed by atoms with van der Waals surface area (Å²) in [7, 11) is 0. The number of hydrogen-bond donors (Lipinski definition) is 4. The van der Waals surface area contributed by atoms with Crippen LogP contribution in [0.25, 0.3) is 10.9 Å². The fraction of sp³-hybridized carbons (Fsp3) is 0.0455. The van der Waals surface area contributed by atoms with E-state index in [0.29, 0.717) is 28.1 Å². The highest BCUT2D eigenvalue weighted by atomic mass is 19.1. The van der Waals surface area contributed by atoms with Crippen molar-refractivity contribution in [2.75, 3.05) is 16.4 Å². The van der Waals surface area contributed by atoms with Gasteiger partial charge in [-0.25, -0.2) is 14.4 Å². The standard InChI is InChI=1S/C22H18FN5O2/c23-15-6-9-18(24)19(10-15)28-22(30)13-4-7-16(8-5-13)27-21-17-3-1-2-14(11-29)20(17)25-12-26-21/h1-10,12,29H,11,24H2,(H,28,30)(H,25,26,27). The van der Waals surface area contributed by atoms with E-state index in [1.54, 1.807) is 30.3 Å². The molecule has 0 aliphatic rings. The van der Waals surface area contributed by atoms with Crippen LogP contribution >= 0.6 is 0 Å². The van der Waals surface area contributed by atoms with E-state index < -0.39 is 11.7 Å². The lowest BCUT2D eigenvalue weighted by atomic mass is 10.1. The predicted octanol–water partition coefficient (Wildman–Crippen LogP) is 3.84. The van der Waals surface area contributed by atoms with E-state index in [1.165, 1.54) is 24.5 Å². The third kappa shape index (κ3) is 3.89. The number of nitrogens with two attached hydrogens (primary N) is 1. The summed E-state index contributed by atoms with van der Waals surface area (Å²) < 4.78 is 13.4. The number of halogens is 1. The molecular weight excluding hydrogens is 385 g/mol. The average Bonchev–Trinajstić information content (AvgIpc) is 2.76. The van der Waals surface area contributed by atoms with Crippen molar-refractivity contribution in [1.82, 2.24) is 9.97 Å². The number of fused-ring (bicyclic) bond motifs is 1. The smallest absolute Gasteiger partial charge is 0.255 e. The van der Waals surface area contributed by atoms with Gasteiger partial charge >= 0.3 is 0 Å². The minimum absolute atomic E-state index is 0.118. The second-order valence-corrected chi connectivity index (χ2v) is 6.58. The highest BCUT2D eigenvalue weighted by Gasteiger charge is 2.11. The number of amides is 1. The highest BCUT2D eigenvalue weighted by molar-refractivity contribution is 6.06. The summed E-state index contributed by atoms with van der Waals surface area (Å²) in [6, 6.07) is 16.0. The number of nitrogens with one attached hydrogen (secondary N) is 2. The van der Waals surface area contributed by atoms with Crippen molar-refractivity contribution in [1.29, 1.82) is 0 Å². The van der Waals surface area contributed by atoms with E-state index in [-0.39, 0.29) is 18.0 Å². The Bertz CT molecular complexity index is 1230. The molecule has 0 spiro atoms. The largest absolute Gasteiger partial charge is 0.397 e. The molecule has 7 nitrogen and oxygen atoms in total. The van der Waals surface area contributed by atoms with Gasteiger partial charge in [0.25, 0.3) is 5.91 Å². The first-order valence-corrected chi connectivity index (χ1v) is 9.12. The SMILES string of the molecule is Nc1ccc(F)cc1NC(=O)c1ccc(Nc2ncnc3c(CO)cccc23)cc1. The van der Waals surface area contributed by atoms with Gasteiger partial charge < -0.3 is 21.5 Å². The van der Waals surface area contributed by atoms with Gasteiger partial charge in [0, 0.05) is 22.2 Å². The number of aliphatic hydroxyl groups is 1. The van der Waals surface area contributed by atoms with Crippen LogP contribution in [0.5, 0.6) is 0 Å². The third-order valence-electron chi connectivity index (χ3n) is 4.59. The second kappa shape index (κ2) is 8.14. The Hall–Kier alpha value is -4.04. The molecule has 30 heavy (non-hydrogen) atoms. The molecule has 1 aromatic heterocycles. The molecule has 1 amide bonds. The lowest BCUT2D eigenvalue weighted by Crippen LogP contribution is -2.13. The number of para-hydroxylation sites is 1. The third-order valence-corrected chi connectivity index (χ3v) is 4.59. The maximum atomic E-state index is 13.4. The lowest BCUT2D eigenvalue weighted by Gasteiger charge is -2.11. The molecule has 0 aliphatic heterocycles. The van der Waals surface area contributed by atoms with E-state index in [2.05, 4.69) is 20.6 Å². The molecule has 4 aromatic rings. The van der Waals surface area contributed by atoms with E-state index in [0.717, 1.165) is 5.39 Å². The van der Waals surface area contributed by atoms with E-state index in [1.807, 2.05) is 12.1 Å². The van der Waals surface area contributed by atoms with Gasteiger partial charge in [0.1, 0.15) is 18.0 Å². The van der Waals surface area contributed by atoms with Gasteiger partial charge in [-0.05, 0) is 48.5 Å². The van der Waals surface area contributed by atoms with Gasteiger partial charge in [-0.2, -0.15) is 0 Å². The molecule has 0 saturated heterocycles. The van der Waals surface area contributed by atoms with Crippen molar-refractivity contribution < 1.29 is 14.3 Å². The van der Waals surface area contributed by atoms with Gasteiger partial charge in [0.05, 0.1) is 23.5 Å². The van der Waals surface area contributed by atoms with Crippen LogP contribution in [0.15, 0.2) is 67.0 Å². The summed E-state index contributed by atoms with van der Waals surface area (Å²) in [6.45, 7) is -0.118. The Morgan fingerprint density at radius 3 is 2.63 bits per heavy atom. The quantitative estimate of drug-likeness (QED) is 0.377. The van der Waals surface area contributed by atoms with Crippen molar-refractivity contribution >= 4 is 39.7 Å². The van der Waals surface area contributed by atoms with Gasteiger partial charge in [-0.3, -0.25) is 4.79 Å². The molecule has 1 heterocycles. The van der Waals surface area contributed by atoms with Crippen LogP contribution < -0.4 is 16.4 Å². The molecule has 0 fully saturated rings. The summed E-state index contributed by atoms with van der Waals surface area (Å²) in [5, 5.41) is 16.1. The van der Waals surface area contributed by atoms with Crippen LogP contribution in [0, 0.1) is 5.82 Å². The average molecular weight is 403 g/mol. The number of carbonyl (C=O) groups excluding carboxylic acids is 1. The molecule has 0 saturated carbocycles. The van der Waals surface area contributed by atoms with Crippen LogP contribution in [-0.4, -0.2) is 21.0 Å². The van der Waals surface area contributed by atoms with Crippen molar-refractivity contribution in [2.45, 2.75) is 6.61 Å². The number of nitrogens with zero attached hydrogens (tertiary/aromatic N) is 2. The zero-order valence-electron chi connectivity index (χ0n) is 15.8. The molecule has 0 unspecified atom stereocenters. The molecule has 3 aromatic carbocycles.